The zero-order valence-electron chi connectivity index (χ0n) is 14.9. The molecule has 132 valence electrons. The Labute approximate surface area is 149 Å². The van der Waals surface area contributed by atoms with Gasteiger partial charge in [0.05, 0.1) is 5.41 Å². The van der Waals surface area contributed by atoms with Gasteiger partial charge in [0.25, 0.3) is 0 Å². The lowest BCUT2D eigenvalue weighted by Crippen LogP contribution is -2.44. The molecule has 2 aromatic carbocycles. The lowest BCUT2D eigenvalue weighted by molar-refractivity contribution is -0.126. The van der Waals surface area contributed by atoms with E-state index in [1.807, 2.05) is 67.6 Å². The molecule has 2 amide bonds. The first-order valence-electron chi connectivity index (χ1n) is 8.64. The minimum atomic E-state index is -0.642. The van der Waals surface area contributed by atoms with Gasteiger partial charge < -0.3 is 10.6 Å². The summed E-state index contributed by atoms with van der Waals surface area (Å²) in [6.45, 7) is 4.58. The first-order valence-corrected chi connectivity index (χ1v) is 8.64. The summed E-state index contributed by atoms with van der Waals surface area (Å²) in [5.41, 5.74) is 1.48. The fraction of sp³-hybridized carbons (Fsp3) is 0.333. The minimum Gasteiger partial charge on any atom is -0.356 e. The van der Waals surface area contributed by atoms with Crippen LogP contribution in [0.3, 0.4) is 0 Å². The highest BCUT2D eigenvalue weighted by molar-refractivity contribution is 5.88. The van der Waals surface area contributed by atoms with Crippen LogP contribution in [0.1, 0.15) is 31.4 Å². The molecule has 4 heteroatoms. The quantitative estimate of drug-likeness (QED) is 0.727. The maximum atomic E-state index is 13.0. The summed E-state index contributed by atoms with van der Waals surface area (Å²) in [4.78, 5) is 23.9. The third kappa shape index (κ3) is 5.45. The number of benzene rings is 2. The van der Waals surface area contributed by atoms with E-state index in [1.54, 1.807) is 0 Å². The molecule has 0 bridgehead atoms. The summed E-state index contributed by atoms with van der Waals surface area (Å²) in [6, 6.07) is 19.9. The van der Waals surface area contributed by atoms with Crippen LogP contribution in [0.2, 0.25) is 0 Å². The van der Waals surface area contributed by atoms with Crippen LogP contribution in [-0.4, -0.2) is 24.9 Å². The van der Waals surface area contributed by atoms with Crippen LogP contribution < -0.4 is 10.6 Å². The molecular weight excluding hydrogens is 312 g/mol. The van der Waals surface area contributed by atoms with Gasteiger partial charge in [-0.3, -0.25) is 9.59 Å². The minimum absolute atomic E-state index is 0.00498. The first kappa shape index (κ1) is 18.7. The van der Waals surface area contributed by atoms with Crippen molar-refractivity contribution >= 4 is 11.8 Å². The SMILES string of the molecule is CC(=O)NCCCNC(=O)C(C)(Cc1ccccc1)c1ccccc1. The summed E-state index contributed by atoms with van der Waals surface area (Å²) >= 11 is 0. The number of carbonyl (C=O) groups is 2. The second-order valence-electron chi connectivity index (χ2n) is 6.45. The van der Waals surface area contributed by atoms with Gasteiger partial charge in [0, 0.05) is 20.0 Å². The molecule has 0 aliphatic carbocycles. The van der Waals surface area contributed by atoms with Gasteiger partial charge in [-0.1, -0.05) is 60.7 Å². The molecule has 0 aliphatic rings. The van der Waals surface area contributed by atoms with Gasteiger partial charge in [-0.25, -0.2) is 0 Å². The molecule has 2 aromatic rings. The molecule has 25 heavy (non-hydrogen) atoms. The molecule has 0 fully saturated rings. The van der Waals surface area contributed by atoms with Crippen LogP contribution in [-0.2, 0) is 21.4 Å². The lowest BCUT2D eigenvalue weighted by Gasteiger charge is -2.29. The van der Waals surface area contributed by atoms with Crippen LogP contribution in [0.25, 0.3) is 0 Å². The van der Waals surface area contributed by atoms with Crippen molar-refractivity contribution in [3.05, 3.63) is 71.8 Å². The second kappa shape index (κ2) is 9.02. The van der Waals surface area contributed by atoms with Crippen LogP contribution >= 0.6 is 0 Å². The molecule has 1 unspecified atom stereocenters. The first-order chi connectivity index (χ1) is 12.0. The maximum Gasteiger partial charge on any atom is 0.230 e. The fourth-order valence-electron chi connectivity index (χ4n) is 2.87. The van der Waals surface area contributed by atoms with Gasteiger partial charge in [-0.05, 0) is 30.9 Å². The Morgan fingerprint density at radius 2 is 1.44 bits per heavy atom. The van der Waals surface area contributed by atoms with Gasteiger partial charge in [0.1, 0.15) is 0 Å². The van der Waals surface area contributed by atoms with E-state index in [-0.39, 0.29) is 11.8 Å². The predicted octanol–water partition coefficient (Wildman–Crippen LogP) is 2.83. The highest BCUT2D eigenvalue weighted by Crippen LogP contribution is 2.28. The summed E-state index contributed by atoms with van der Waals surface area (Å²) in [5.74, 6) is -0.0464. The van der Waals surface area contributed by atoms with E-state index in [1.165, 1.54) is 6.92 Å². The van der Waals surface area contributed by atoms with Crippen molar-refractivity contribution in [1.82, 2.24) is 10.6 Å². The molecule has 0 heterocycles. The normalized spacial score (nSPS) is 12.9. The lowest BCUT2D eigenvalue weighted by atomic mass is 9.76. The Kier molecular flexibility index (Phi) is 6.75. The Morgan fingerprint density at radius 1 is 0.880 bits per heavy atom. The van der Waals surface area contributed by atoms with Crippen molar-refractivity contribution in [2.45, 2.75) is 32.1 Å². The Bertz CT molecular complexity index is 686. The van der Waals surface area contributed by atoms with Crippen LogP contribution in [0, 0.1) is 0 Å². The molecule has 2 N–H and O–H groups in total. The number of amides is 2. The molecule has 0 aliphatic heterocycles. The van der Waals surface area contributed by atoms with Crippen molar-refractivity contribution in [3.8, 4) is 0 Å². The average Bonchev–Trinajstić information content (AvgIpc) is 2.62. The molecule has 0 radical (unpaired) electrons. The maximum absolute atomic E-state index is 13.0. The van der Waals surface area contributed by atoms with Crippen LogP contribution in [0.15, 0.2) is 60.7 Å². The van der Waals surface area contributed by atoms with Gasteiger partial charge in [0.2, 0.25) is 11.8 Å². The highest BCUT2D eigenvalue weighted by atomic mass is 16.2. The number of hydrogen-bond acceptors (Lipinski definition) is 2. The molecule has 2 rings (SSSR count). The smallest absolute Gasteiger partial charge is 0.230 e. The number of rotatable bonds is 8. The Hall–Kier alpha value is -2.62. The van der Waals surface area contributed by atoms with E-state index in [0.29, 0.717) is 25.9 Å². The predicted molar refractivity (Wildman–Crippen MR) is 100 cm³/mol. The van der Waals surface area contributed by atoms with E-state index in [2.05, 4.69) is 10.6 Å². The number of hydrogen-bond donors (Lipinski definition) is 2. The second-order valence-corrected chi connectivity index (χ2v) is 6.45. The van der Waals surface area contributed by atoms with Crippen molar-refractivity contribution in [2.24, 2.45) is 0 Å². The third-order valence-electron chi connectivity index (χ3n) is 4.33. The average molecular weight is 338 g/mol. The Balaban J connectivity index is 2.09. The van der Waals surface area contributed by atoms with Crippen LogP contribution in [0.5, 0.6) is 0 Å². The Morgan fingerprint density at radius 3 is 2.04 bits per heavy atom. The molecule has 1 atom stereocenters. The van der Waals surface area contributed by atoms with Crippen molar-refractivity contribution in [2.75, 3.05) is 13.1 Å². The van der Waals surface area contributed by atoms with E-state index >= 15 is 0 Å². The number of carbonyl (C=O) groups excluding carboxylic acids is 2. The zero-order chi connectivity index (χ0) is 18.1. The number of nitrogens with one attached hydrogen (secondary N) is 2. The molecule has 0 saturated heterocycles. The van der Waals surface area contributed by atoms with Gasteiger partial charge >= 0.3 is 0 Å². The fourth-order valence-corrected chi connectivity index (χ4v) is 2.87. The zero-order valence-corrected chi connectivity index (χ0v) is 14.9. The monoisotopic (exact) mass is 338 g/mol. The summed E-state index contributed by atoms with van der Waals surface area (Å²) < 4.78 is 0. The standard InChI is InChI=1S/C21H26N2O2/c1-17(24)22-14-9-15-23-20(25)21(2,19-12-7-4-8-13-19)16-18-10-5-3-6-11-18/h3-8,10-13H,9,14-16H2,1-2H3,(H,22,24)(H,23,25). The summed E-state index contributed by atoms with van der Waals surface area (Å²) in [7, 11) is 0. The molecule has 0 spiro atoms. The van der Waals surface area contributed by atoms with Crippen molar-refractivity contribution in [1.29, 1.82) is 0 Å². The van der Waals surface area contributed by atoms with E-state index in [9.17, 15) is 9.59 Å². The van der Waals surface area contributed by atoms with Gasteiger partial charge in [-0.2, -0.15) is 0 Å². The molecule has 0 aromatic heterocycles. The largest absolute Gasteiger partial charge is 0.356 e. The highest BCUT2D eigenvalue weighted by Gasteiger charge is 2.35. The van der Waals surface area contributed by atoms with Crippen molar-refractivity contribution in [3.63, 3.8) is 0 Å². The molecular formula is C21H26N2O2. The molecule has 4 nitrogen and oxygen atoms in total. The third-order valence-corrected chi connectivity index (χ3v) is 4.33. The van der Waals surface area contributed by atoms with E-state index in [4.69, 9.17) is 0 Å². The van der Waals surface area contributed by atoms with Crippen LogP contribution in [0.4, 0.5) is 0 Å². The summed E-state index contributed by atoms with van der Waals surface area (Å²) in [5, 5.41) is 5.76. The van der Waals surface area contributed by atoms with E-state index in [0.717, 1.165) is 11.1 Å². The van der Waals surface area contributed by atoms with E-state index < -0.39 is 5.41 Å². The topological polar surface area (TPSA) is 58.2 Å². The summed E-state index contributed by atoms with van der Waals surface area (Å²) in [6.07, 6.45) is 1.34. The molecule has 0 saturated carbocycles. The van der Waals surface area contributed by atoms with Gasteiger partial charge in [0.15, 0.2) is 0 Å². The van der Waals surface area contributed by atoms with Crippen molar-refractivity contribution < 1.29 is 9.59 Å². The van der Waals surface area contributed by atoms with Gasteiger partial charge in [-0.15, -0.1) is 0 Å².